The summed E-state index contributed by atoms with van der Waals surface area (Å²) >= 11 is 0. The van der Waals surface area contributed by atoms with E-state index >= 15 is 0 Å². The number of fused-ring (bicyclic) bond motifs is 1. The van der Waals surface area contributed by atoms with Gasteiger partial charge in [0.2, 0.25) is 0 Å². The number of aromatic nitrogens is 3. The molecular weight excluding hydrogens is 294 g/mol. The molecule has 0 aliphatic rings. The van der Waals surface area contributed by atoms with Gasteiger partial charge < -0.3 is 9.47 Å². The second kappa shape index (κ2) is 6.91. The van der Waals surface area contributed by atoms with Gasteiger partial charge in [0.05, 0.1) is 18.8 Å². The molecule has 2 aromatic heterocycles. The third-order valence-electron chi connectivity index (χ3n) is 3.30. The highest BCUT2D eigenvalue weighted by Gasteiger charge is 2.11. The van der Waals surface area contributed by atoms with Crippen LogP contribution in [0.3, 0.4) is 0 Å². The Morgan fingerprint density at radius 2 is 2.00 bits per heavy atom. The van der Waals surface area contributed by atoms with Gasteiger partial charge in [-0.25, -0.2) is 4.79 Å². The number of hydrogen-bond acceptors (Lipinski definition) is 5. The number of ether oxygens (including phenoxy) is 2. The molecule has 3 rings (SSSR count). The summed E-state index contributed by atoms with van der Waals surface area (Å²) in [4.78, 5) is 12.1. The minimum atomic E-state index is -0.368. The van der Waals surface area contributed by atoms with Crippen molar-refractivity contribution < 1.29 is 14.3 Å². The number of rotatable bonds is 6. The van der Waals surface area contributed by atoms with Crippen molar-refractivity contribution in [2.24, 2.45) is 5.92 Å². The number of hydrogen-bond donors (Lipinski definition) is 0. The van der Waals surface area contributed by atoms with Crippen molar-refractivity contribution in [3.63, 3.8) is 0 Å². The first-order chi connectivity index (χ1) is 11.2. The van der Waals surface area contributed by atoms with E-state index in [1.54, 1.807) is 29.1 Å². The van der Waals surface area contributed by atoms with E-state index < -0.39 is 0 Å². The molecule has 2 heterocycles. The zero-order chi connectivity index (χ0) is 16.1. The molecule has 0 radical (unpaired) electrons. The largest absolute Gasteiger partial charge is 0.493 e. The number of nitrogens with zero attached hydrogens (tertiary/aromatic N) is 3. The Morgan fingerprint density at radius 3 is 2.83 bits per heavy atom. The van der Waals surface area contributed by atoms with Crippen molar-refractivity contribution in [3.8, 4) is 5.75 Å². The summed E-state index contributed by atoms with van der Waals surface area (Å²) in [6.07, 6.45) is 3.20. The zero-order valence-corrected chi connectivity index (χ0v) is 12.8. The molecule has 0 spiro atoms. The molecule has 0 aliphatic carbocycles. The van der Waals surface area contributed by atoms with Gasteiger partial charge in [0.1, 0.15) is 12.1 Å². The van der Waals surface area contributed by atoms with Crippen LogP contribution >= 0.6 is 0 Å². The summed E-state index contributed by atoms with van der Waals surface area (Å²) in [7, 11) is 0. The predicted octanol–water partition coefficient (Wildman–Crippen LogP) is 2.60. The van der Waals surface area contributed by atoms with E-state index in [0.717, 1.165) is 5.75 Å². The van der Waals surface area contributed by atoms with E-state index in [-0.39, 0.29) is 11.9 Å². The molecule has 0 aliphatic heterocycles. The summed E-state index contributed by atoms with van der Waals surface area (Å²) in [5.41, 5.74) is 1.15. The third kappa shape index (κ3) is 3.85. The van der Waals surface area contributed by atoms with Gasteiger partial charge in [0.25, 0.3) is 0 Å². The Labute approximate surface area is 133 Å². The average Bonchev–Trinajstić information content (AvgIpc) is 3.06. The van der Waals surface area contributed by atoms with Crippen LogP contribution in [-0.4, -0.2) is 33.8 Å². The molecule has 0 N–H and O–H groups in total. The Bertz CT molecular complexity index is 786. The van der Waals surface area contributed by atoms with Gasteiger partial charge in [0.15, 0.2) is 5.65 Å². The quantitative estimate of drug-likeness (QED) is 0.655. The number of pyridine rings is 1. The van der Waals surface area contributed by atoms with Gasteiger partial charge >= 0.3 is 5.97 Å². The maximum Gasteiger partial charge on any atom is 0.339 e. The van der Waals surface area contributed by atoms with E-state index in [1.165, 1.54) is 0 Å². The van der Waals surface area contributed by atoms with E-state index in [1.807, 2.05) is 37.3 Å². The monoisotopic (exact) mass is 311 g/mol. The first-order valence-electron chi connectivity index (χ1n) is 7.37. The number of esters is 1. The number of benzene rings is 1. The molecule has 6 nitrogen and oxygen atoms in total. The molecule has 6 heteroatoms. The van der Waals surface area contributed by atoms with Crippen LogP contribution < -0.4 is 4.74 Å². The fourth-order valence-electron chi connectivity index (χ4n) is 2.05. The molecule has 0 saturated heterocycles. The van der Waals surface area contributed by atoms with Crippen LogP contribution in [0.4, 0.5) is 0 Å². The van der Waals surface area contributed by atoms with Crippen molar-refractivity contribution in [3.05, 3.63) is 60.6 Å². The third-order valence-corrected chi connectivity index (χ3v) is 3.30. The Balaban J connectivity index is 1.49. The molecule has 118 valence electrons. The zero-order valence-electron chi connectivity index (χ0n) is 12.8. The molecule has 23 heavy (non-hydrogen) atoms. The summed E-state index contributed by atoms with van der Waals surface area (Å²) in [6, 6.07) is 13.0. The molecule has 0 amide bonds. The number of para-hydroxylation sites is 1. The smallest absolute Gasteiger partial charge is 0.339 e. The van der Waals surface area contributed by atoms with E-state index in [0.29, 0.717) is 24.4 Å². The second-order valence-electron chi connectivity index (χ2n) is 5.34. The standard InChI is InChI=1S/C17H17N3O3/c1-13(10-22-15-5-3-2-4-6-15)11-23-17(21)14-7-8-16-19-18-12-20(16)9-14/h2-9,12-13H,10-11H2,1H3/t13-/m1/s1. The van der Waals surface area contributed by atoms with Gasteiger partial charge in [-0.2, -0.15) is 0 Å². The number of carbonyl (C=O) groups excluding carboxylic acids is 1. The first kappa shape index (κ1) is 15.0. The van der Waals surface area contributed by atoms with Crippen LogP contribution in [0.15, 0.2) is 55.0 Å². The van der Waals surface area contributed by atoms with E-state index in [4.69, 9.17) is 9.47 Å². The summed E-state index contributed by atoms with van der Waals surface area (Å²) in [6.45, 7) is 2.76. The predicted molar refractivity (Wildman–Crippen MR) is 84.4 cm³/mol. The van der Waals surface area contributed by atoms with Crippen LogP contribution in [0, 0.1) is 5.92 Å². The van der Waals surface area contributed by atoms with Gasteiger partial charge in [-0.3, -0.25) is 4.40 Å². The molecule has 0 saturated carbocycles. The van der Waals surface area contributed by atoms with Crippen LogP contribution in [0.5, 0.6) is 5.75 Å². The molecule has 0 unspecified atom stereocenters. The minimum Gasteiger partial charge on any atom is -0.493 e. The van der Waals surface area contributed by atoms with Crippen molar-refractivity contribution in [1.82, 2.24) is 14.6 Å². The molecular formula is C17H17N3O3. The van der Waals surface area contributed by atoms with Crippen molar-refractivity contribution in [2.75, 3.05) is 13.2 Å². The highest BCUT2D eigenvalue weighted by Crippen LogP contribution is 2.11. The van der Waals surface area contributed by atoms with Crippen LogP contribution in [0.25, 0.3) is 5.65 Å². The maximum atomic E-state index is 12.1. The van der Waals surface area contributed by atoms with Crippen LogP contribution in [0.2, 0.25) is 0 Å². The Hall–Kier alpha value is -2.89. The molecule has 1 aromatic carbocycles. The van der Waals surface area contributed by atoms with Crippen LogP contribution in [0.1, 0.15) is 17.3 Å². The second-order valence-corrected chi connectivity index (χ2v) is 5.34. The first-order valence-corrected chi connectivity index (χ1v) is 7.37. The lowest BCUT2D eigenvalue weighted by Crippen LogP contribution is -2.18. The normalized spacial score (nSPS) is 12.0. The van der Waals surface area contributed by atoms with E-state index in [9.17, 15) is 4.79 Å². The fraction of sp³-hybridized carbons (Fsp3) is 0.235. The SMILES string of the molecule is C[C@@H](COC(=O)c1ccc2nncn2c1)COc1ccccc1. The Morgan fingerprint density at radius 1 is 1.17 bits per heavy atom. The average molecular weight is 311 g/mol. The molecule has 1 atom stereocenters. The highest BCUT2D eigenvalue weighted by molar-refractivity contribution is 5.89. The topological polar surface area (TPSA) is 65.7 Å². The van der Waals surface area contributed by atoms with Crippen molar-refractivity contribution in [1.29, 1.82) is 0 Å². The molecule has 0 bridgehead atoms. The summed E-state index contributed by atoms with van der Waals surface area (Å²) in [5, 5.41) is 7.66. The summed E-state index contributed by atoms with van der Waals surface area (Å²) in [5.74, 6) is 0.536. The van der Waals surface area contributed by atoms with Gasteiger partial charge in [-0.1, -0.05) is 25.1 Å². The van der Waals surface area contributed by atoms with E-state index in [2.05, 4.69) is 10.2 Å². The lowest BCUT2D eigenvalue weighted by atomic mass is 10.2. The van der Waals surface area contributed by atoms with Gasteiger partial charge in [-0.15, -0.1) is 10.2 Å². The van der Waals surface area contributed by atoms with Gasteiger partial charge in [-0.05, 0) is 24.3 Å². The number of carbonyl (C=O) groups is 1. The molecule has 0 fully saturated rings. The van der Waals surface area contributed by atoms with Crippen LogP contribution in [-0.2, 0) is 4.74 Å². The van der Waals surface area contributed by atoms with Crippen molar-refractivity contribution >= 4 is 11.6 Å². The summed E-state index contributed by atoms with van der Waals surface area (Å²) < 4.78 is 12.7. The lowest BCUT2D eigenvalue weighted by Gasteiger charge is -2.13. The fourth-order valence-corrected chi connectivity index (χ4v) is 2.05. The Kier molecular flexibility index (Phi) is 4.52. The minimum absolute atomic E-state index is 0.0952. The highest BCUT2D eigenvalue weighted by atomic mass is 16.5. The maximum absolute atomic E-state index is 12.1. The molecule has 3 aromatic rings. The van der Waals surface area contributed by atoms with Crippen molar-refractivity contribution in [2.45, 2.75) is 6.92 Å². The van der Waals surface area contributed by atoms with Gasteiger partial charge in [0, 0.05) is 12.1 Å². The lowest BCUT2D eigenvalue weighted by molar-refractivity contribution is 0.0414.